The lowest BCUT2D eigenvalue weighted by Crippen LogP contribution is -2.15. The second kappa shape index (κ2) is 12.3. The average Bonchev–Trinajstić information content (AvgIpc) is 2.89. The average molecular weight is 478 g/mol. The molecular weight excluding hydrogens is 450 g/mol. The minimum absolute atomic E-state index is 0.104. The van der Waals surface area contributed by atoms with Crippen LogP contribution in [-0.4, -0.2) is 38.7 Å². The van der Waals surface area contributed by atoms with Crippen LogP contribution < -0.4 is 10.1 Å². The summed E-state index contributed by atoms with van der Waals surface area (Å²) in [4.78, 5) is 37.0. The smallest absolute Gasteiger partial charge is 0.337 e. The van der Waals surface area contributed by atoms with E-state index in [1.807, 2.05) is 37.3 Å². The van der Waals surface area contributed by atoms with Crippen LogP contribution in [-0.2, 0) is 27.4 Å². The van der Waals surface area contributed by atoms with Gasteiger partial charge in [-0.2, -0.15) is 0 Å². The molecule has 1 amide bonds. The molecule has 0 aliphatic carbocycles. The maximum atomic E-state index is 13.0. The predicted octanol–water partition coefficient (Wildman–Crippen LogP) is 4.63. The maximum absolute atomic E-state index is 13.0. The van der Waals surface area contributed by atoms with Crippen molar-refractivity contribution in [3.05, 3.63) is 94.5 Å². The van der Waals surface area contributed by atoms with Crippen molar-refractivity contribution in [3.8, 4) is 5.75 Å². The lowest BCUT2D eigenvalue weighted by Gasteiger charge is -2.14. The van der Waals surface area contributed by atoms with E-state index in [4.69, 9.17) is 18.9 Å². The summed E-state index contributed by atoms with van der Waals surface area (Å²) in [7, 11) is 2.46. The van der Waals surface area contributed by atoms with Gasteiger partial charge in [-0.15, -0.1) is 0 Å². The monoisotopic (exact) mass is 477 g/mol. The van der Waals surface area contributed by atoms with Crippen molar-refractivity contribution in [1.82, 2.24) is 0 Å². The van der Waals surface area contributed by atoms with E-state index in [0.717, 1.165) is 5.56 Å². The summed E-state index contributed by atoms with van der Waals surface area (Å²) >= 11 is 0. The van der Waals surface area contributed by atoms with Crippen molar-refractivity contribution < 1.29 is 33.3 Å². The number of rotatable bonds is 10. The van der Waals surface area contributed by atoms with Gasteiger partial charge in [-0.25, -0.2) is 9.59 Å². The predicted molar refractivity (Wildman–Crippen MR) is 130 cm³/mol. The number of nitrogens with one attached hydrogen (secondary N) is 1. The van der Waals surface area contributed by atoms with Crippen molar-refractivity contribution >= 4 is 23.5 Å². The lowest BCUT2D eigenvalue weighted by molar-refractivity contribution is 0.0598. The number of benzene rings is 3. The Bertz CT molecular complexity index is 1160. The topological polar surface area (TPSA) is 100 Å². The largest absolute Gasteiger partial charge is 0.494 e. The van der Waals surface area contributed by atoms with Crippen molar-refractivity contribution in [2.75, 3.05) is 26.1 Å². The van der Waals surface area contributed by atoms with Crippen molar-refractivity contribution in [3.63, 3.8) is 0 Å². The molecule has 0 fully saturated rings. The van der Waals surface area contributed by atoms with Crippen LogP contribution in [0.5, 0.6) is 5.75 Å². The maximum Gasteiger partial charge on any atom is 0.337 e. The van der Waals surface area contributed by atoms with Crippen LogP contribution in [0.25, 0.3) is 0 Å². The number of methoxy groups -OCH3 is 2. The summed E-state index contributed by atoms with van der Waals surface area (Å²) < 4.78 is 21.0. The van der Waals surface area contributed by atoms with Gasteiger partial charge in [-0.3, -0.25) is 4.79 Å². The Balaban J connectivity index is 1.81. The fourth-order valence-corrected chi connectivity index (χ4v) is 3.36. The highest BCUT2D eigenvalue weighted by molar-refractivity contribution is 6.06. The molecule has 0 bridgehead atoms. The molecule has 0 aliphatic heterocycles. The molecule has 0 unspecified atom stereocenters. The van der Waals surface area contributed by atoms with E-state index < -0.39 is 17.8 Å². The molecule has 3 aromatic carbocycles. The van der Waals surface area contributed by atoms with E-state index in [1.165, 1.54) is 32.4 Å². The second-order valence-electron chi connectivity index (χ2n) is 7.47. The fraction of sp³-hybridized carbons (Fsp3) is 0.222. The SMILES string of the molecule is CCOc1ccc(C(=O)Nc2cc(C(=O)OC)cc(C(=O)OC)c2)cc1COCc1ccccc1. The lowest BCUT2D eigenvalue weighted by atomic mass is 10.1. The quantitative estimate of drug-likeness (QED) is 0.425. The van der Waals surface area contributed by atoms with Gasteiger partial charge in [-0.05, 0) is 48.9 Å². The molecule has 0 spiro atoms. The Morgan fingerprint density at radius 1 is 0.771 bits per heavy atom. The van der Waals surface area contributed by atoms with E-state index >= 15 is 0 Å². The Morgan fingerprint density at radius 3 is 2.03 bits per heavy atom. The zero-order chi connectivity index (χ0) is 25.2. The Morgan fingerprint density at radius 2 is 1.43 bits per heavy atom. The van der Waals surface area contributed by atoms with Crippen LogP contribution in [0.3, 0.4) is 0 Å². The second-order valence-corrected chi connectivity index (χ2v) is 7.47. The summed E-state index contributed by atoms with van der Waals surface area (Å²) in [6.07, 6.45) is 0. The fourth-order valence-electron chi connectivity index (χ4n) is 3.36. The van der Waals surface area contributed by atoms with Crippen LogP contribution in [0.1, 0.15) is 49.1 Å². The van der Waals surface area contributed by atoms with E-state index in [9.17, 15) is 14.4 Å². The van der Waals surface area contributed by atoms with Gasteiger partial charge in [0.2, 0.25) is 0 Å². The molecule has 0 atom stereocenters. The van der Waals surface area contributed by atoms with Crippen LogP contribution in [0.2, 0.25) is 0 Å². The van der Waals surface area contributed by atoms with Crippen molar-refractivity contribution in [2.45, 2.75) is 20.1 Å². The molecule has 0 aliphatic rings. The molecule has 0 saturated heterocycles. The van der Waals surface area contributed by atoms with Crippen LogP contribution >= 0.6 is 0 Å². The Hall–Kier alpha value is -4.17. The van der Waals surface area contributed by atoms with Gasteiger partial charge in [0.05, 0.1) is 45.2 Å². The number of anilines is 1. The Kier molecular flexibility index (Phi) is 8.97. The zero-order valence-corrected chi connectivity index (χ0v) is 19.8. The number of carbonyl (C=O) groups is 3. The molecule has 3 aromatic rings. The zero-order valence-electron chi connectivity index (χ0n) is 19.8. The molecule has 182 valence electrons. The molecule has 1 N–H and O–H groups in total. The third-order valence-electron chi connectivity index (χ3n) is 5.02. The van der Waals surface area contributed by atoms with Gasteiger partial charge < -0.3 is 24.3 Å². The van der Waals surface area contributed by atoms with Crippen LogP contribution in [0.15, 0.2) is 66.7 Å². The molecule has 0 radical (unpaired) electrons. The van der Waals surface area contributed by atoms with Crippen molar-refractivity contribution in [1.29, 1.82) is 0 Å². The molecule has 0 heterocycles. The number of ether oxygens (including phenoxy) is 4. The normalized spacial score (nSPS) is 10.4. The number of hydrogen-bond acceptors (Lipinski definition) is 7. The minimum atomic E-state index is -0.648. The molecule has 8 nitrogen and oxygen atoms in total. The third kappa shape index (κ3) is 6.91. The highest BCUT2D eigenvalue weighted by Gasteiger charge is 2.16. The van der Waals surface area contributed by atoms with Gasteiger partial charge >= 0.3 is 11.9 Å². The summed E-state index contributed by atoms with van der Waals surface area (Å²) in [6, 6.07) is 19.0. The highest BCUT2D eigenvalue weighted by Crippen LogP contribution is 2.24. The first-order valence-corrected chi connectivity index (χ1v) is 11.0. The van der Waals surface area contributed by atoms with Gasteiger partial charge in [0.1, 0.15) is 5.75 Å². The number of carbonyl (C=O) groups excluding carboxylic acids is 3. The number of hydrogen-bond donors (Lipinski definition) is 1. The van der Waals surface area contributed by atoms with Gasteiger partial charge in [0.25, 0.3) is 5.91 Å². The first-order valence-electron chi connectivity index (χ1n) is 11.0. The van der Waals surface area contributed by atoms with Gasteiger partial charge in [0, 0.05) is 16.8 Å². The summed E-state index contributed by atoms with van der Waals surface area (Å²) in [5.74, 6) is -1.11. The van der Waals surface area contributed by atoms with Gasteiger partial charge in [-0.1, -0.05) is 30.3 Å². The van der Waals surface area contributed by atoms with E-state index in [-0.39, 0.29) is 23.4 Å². The van der Waals surface area contributed by atoms with Crippen LogP contribution in [0, 0.1) is 0 Å². The molecular formula is C27H27NO7. The summed E-state index contributed by atoms with van der Waals surface area (Å²) in [6.45, 7) is 3.01. The molecule has 3 rings (SSSR count). The molecule has 35 heavy (non-hydrogen) atoms. The molecule has 8 heteroatoms. The van der Waals surface area contributed by atoms with E-state index in [0.29, 0.717) is 30.1 Å². The Labute approximate surface area is 203 Å². The summed E-state index contributed by atoms with van der Waals surface area (Å²) in [5, 5.41) is 2.72. The first-order chi connectivity index (χ1) is 16.9. The standard InChI is InChI=1S/C27H27NO7/c1-4-35-24-11-10-19(12-22(24)17-34-16-18-8-6-5-7-9-18)25(29)28-23-14-20(26(30)32-2)13-21(15-23)27(31)33-3/h5-15H,4,16-17H2,1-3H3,(H,28,29). The number of amides is 1. The van der Waals surface area contributed by atoms with Crippen molar-refractivity contribution in [2.24, 2.45) is 0 Å². The third-order valence-corrected chi connectivity index (χ3v) is 5.02. The van der Waals surface area contributed by atoms with Gasteiger partial charge in [0.15, 0.2) is 0 Å². The molecule has 0 aromatic heterocycles. The van der Waals surface area contributed by atoms with E-state index in [1.54, 1.807) is 18.2 Å². The molecule has 0 saturated carbocycles. The highest BCUT2D eigenvalue weighted by atomic mass is 16.5. The van der Waals surface area contributed by atoms with E-state index in [2.05, 4.69) is 5.32 Å². The number of esters is 2. The summed E-state index contributed by atoms with van der Waals surface area (Å²) in [5.41, 5.74) is 2.56. The van der Waals surface area contributed by atoms with Crippen LogP contribution in [0.4, 0.5) is 5.69 Å². The minimum Gasteiger partial charge on any atom is -0.494 e. The first kappa shape index (κ1) is 25.5.